The van der Waals surface area contributed by atoms with Gasteiger partial charge in [0.05, 0.1) is 23.4 Å². The van der Waals surface area contributed by atoms with Crippen LogP contribution in [0.5, 0.6) is 0 Å². The first kappa shape index (κ1) is 15.1. The van der Waals surface area contributed by atoms with Crippen molar-refractivity contribution in [3.63, 3.8) is 0 Å². The molecule has 5 heteroatoms. The van der Waals surface area contributed by atoms with Crippen molar-refractivity contribution in [1.82, 2.24) is 4.90 Å². The number of rotatable bonds is 2. The zero-order valence-electron chi connectivity index (χ0n) is 11.9. The van der Waals surface area contributed by atoms with Gasteiger partial charge in [0, 0.05) is 6.54 Å². The molecule has 1 fully saturated rings. The Bertz CT molecular complexity index is 493. The van der Waals surface area contributed by atoms with E-state index < -0.39 is 0 Å². The van der Waals surface area contributed by atoms with Crippen molar-refractivity contribution in [1.29, 1.82) is 0 Å². The van der Waals surface area contributed by atoms with Gasteiger partial charge in [0.15, 0.2) is 0 Å². The van der Waals surface area contributed by atoms with Crippen molar-refractivity contribution >= 4 is 23.3 Å². The number of urea groups is 1. The zero-order chi connectivity index (χ0) is 14.7. The molecule has 1 saturated heterocycles. The largest absolute Gasteiger partial charge is 0.394 e. The summed E-state index contributed by atoms with van der Waals surface area (Å²) in [6, 6.07) is 5.22. The molecule has 1 aliphatic heterocycles. The van der Waals surface area contributed by atoms with Crippen molar-refractivity contribution in [3.05, 3.63) is 28.8 Å². The summed E-state index contributed by atoms with van der Waals surface area (Å²) in [5.74, 6) is 0.313. The molecule has 0 radical (unpaired) electrons. The third kappa shape index (κ3) is 3.25. The van der Waals surface area contributed by atoms with E-state index in [0.29, 0.717) is 23.2 Å². The summed E-state index contributed by atoms with van der Waals surface area (Å²) in [6.07, 6.45) is 2.01. The highest BCUT2D eigenvalue weighted by molar-refractivity contribution is 6.33. The van der Waals surface area contributed by atoms with Crippen LogP contribution in [0.15, 0.2) is 18.2 Å². The number of benzene rings is 1. The number of hydrogen-bond donors (Lipinski definition) is 2. The number of piperidine rings is 1. The van der Waals surface area contributed by atoms with Crippen LogP contribution in [-0.2, 0) is 0 Å². The van der Waals surface area contributed by atoms with Crippen LogP contribution < -0.4 is 5.32 Å². The topological polar surface area (TPSA) is 52.6 Å². The van der Waals surface area contributed by atoms with Gasteiger partial charge in [-0.2, -0.15) is 0 Å². The number of halogens is 1. The summed E-state index contributed by atoms with van der Waals surface area (Å²) in [5.41, 5.74) is 1.66. The van der Waals surface area contributed by atoms with Crippen LogP contribution in [0.3, 0.4) is 0 Å². The third-order valence-corrected chi connectivity index (χ3v) is 4.24. The van der Waals surface area contributed by atoms with Gasteiger partial charge in [-0.1, -0.05) is 24.6 Å². The standard InChI is InChI=1S/C15H21ClN2O2/c1-10-5-6-13(12(16)8-10)17-15(20)18-7-3-4-11(2)14(18)9-19/h5-6,8,11,14,19H,3-4,7,9H2,1-2H3,(H,17,20). The summed E-state index contributed by atoms with van der Waals surface area (Å²) in [4.78, 5) is 14.1. The van der Waals surface area contributed by atoms with E-state index in [-0.39, 0.29) is 18.7 Å². The predicted octanol–water partition coefficient (Wildman–Crippen LogP) is 3.27. The number of likely N-dealkylation sites (tertiary alicyclic amines) is 1. The van der Waals surface area contributed by atoms with Crippen LogP contribution in [0.1, 0.15) is 25.3 Å². The fraction of sp³-hybridized carbons (Fsp3) is 0.533. The lowest BCUT2D eigenvalue weighted by atomic mass is 9.91. The molecule has 20 heavy (non-hydrogen) atoms. The van der Waals surface area contributed by atoms with E-state index in [9.17, 15) is 9.90 Å². The van der Waals surface area contributed by atoms with E-state index in [0.717, 1.165) is 18.4 Å². The molecule has 2 rings (SSSR count). The number of nitrogens with zero attached hydrogens (tertiary/aromatic N) is 1. The van der Waals surface area contributed by atoms with Gasteiger partial charge in [-0.15, -0.1) is 0 Å². The third-order valence-electron chi connectivity index (χ3n) is 3.93. The van der Waals surface area contributed by atoms with Gasteiger partial charge in [0.2, 0.25) is 0 Å². The number of carbonyl (C=O) groups excluding carboxylic acids is 1. The average molecular weight is 297 g/mol. The number of amides is 2. The Kier molecular flexibility index (Phi) is 4.89. The fourth-order valence-corrected chi connectivity index (χ4v) is 2.97. The minimum Gasteiger partial charge on any atom is -0.394 e. The molecule has 0 aromatic heterocycles. The smallest absolute Gasteiger partial charge is 0.322 e. The minimum atomic E-state index is -0.193. The Balaban J connectivity index is 2.10. The van der Waals surface area contributed by atoms with E-state index in [1.807, 2.05) is 19.1 Å². The van der Waals surface area contributed by atoms with Crippen molar-refractivity contribution in [2.45, 2.75) is 32.7 Å². The van der Waals surface area contributed by atoms with E-state index in [1.54, 1.807) is 11.0 Å². The number of aliphatic hydroxyl groups excluding tert-OH is 1. The van der Waals surface area contributed by atoms with Crippen LogP contribution in [0.2, 0.25) is 5.02 Å². The van der Waals surface area contributed by atoms with Gasteiger partial charge in [-0.05, 0) is 43.4 Å². The molecule has 110 valence electrons. The van der Waals surface area contributed by atoms with Crippen LogP contribution in [0, 0.1) is 12.8 Å². The lowest BCUT2D eigenvalue weighted by Crippen LogP contribution is -2.51. The second-order valence-corrected chi connectivity index (χ2v) is 5.88. The summed E-state index contributed by atoms with van der Waals surface area (Å²) in [6.45, 7) is 4.69. The highest BCUT2D eigenvalue weighted by atomic mass is 35.5. The first-order valence-electron chi connectivity index (χ1n) is 6.97. The van der Waals surface area contributed by atoms with Gasteiger partial charge in [-0.3, -0.25) is 0 Å². The number of aliphatic hydroxyl groups is 1. The van der Waals surface area contributed by atoms with Gasteiger partial charge in [-0.25, -0.2) is 4.79 Å². The molecule has 2 N–H and O–H groups in total. The monoisotopic (exact) mass is 296 g/mol. The van der Waals surface area contributed by atoms with Crippen LogP contribution in [0.25, 0.3) is 0 Å². The van der Waals surface area contributed by atoms with E-state index in [4.69, 9.17) is 11.6 Å². The van der Waals surface area contributed by atoms with Crippen LogP contribution in [-0.4, -0.2) is 35.2 Å². The number of carbonyl (C=O) groups is 1. The normalized spacial score (nSPS) is 22.7. The van der Waals surface area contributed by atoms with Crippen molar-refractivity contribution in [3.8, 4) is 0 Å². The minimum absolute atomic E-state index is 0.00375. The van der Waals surface area contributed by atoms with Gasteiger partial charge < -0.3 is 15.3 Å². The average Bonchev–Trinajstić information content (AvgIpc) is 2.41. The second-order valence-electron chi connectivity index (χ2n) is 5.48. The van der Waals surface area contributed by atoms with Crippen molar-refractivity contribution in [2.75, 3.05) is 18.5 Å². The molecule has 2 unspecified atom stereocenters. The number of aryl methyl sites for hydroxylation is 1. The second kappa shape index (κ2) is 6.46. The molecule has 1 aliphatic rings. The SMILES string of the molecule is Cc1ccc(NC(=O)N2CCCC(C)C2CO)c(Cl)c1. The first-order valence-corrected chi connectivity index (χ1v) is 7.35. The molecule has 0 aliphatic carbocycles. The first-order chi connectivity index (χ1) is 9.52. The number of nitrogens with one attached hydrogen (secondary N) is 1. The predicted molar refractivity (Wildman–Crippen MR) is 81.2 cm³/mol. The molecule has 0 spiro atoms. The highest BCUT2D eigenvalue weighted by Gasteiger charge is 2.31. The lowest BCUT2D eigenvalue weighted by Gasteiger charge is -2.38. The van der Waals surface area contributed by atoms with E-state index in [1.165, 1.54) is 0 Å². The molecule has 2 atom stereocenters. The maximum Gasteiger partial charge on any atom is 0.322 e. The molecular weight excluding hydrogens is 276 g/mol. The summed E-state index contributed by atoms with van der Waals surface area (Å²) in [5, 5.41) is 12.9. The van der Waals surface area contributed by atoms with Gasteiger partial charge in [0.1, 0.15) is 0 Å². The van der Waals surface area contributed by atoms with Gasteiger partial charge >= 0.3 is 6.03 Å². The summed E-state index contributed by atoms with van der Waals surface area (Å²) in [7, 11) is 0. The molecular formula is C15H21ClN2O2. The summed E-state index contributed by atoms with van der Waals surface area (Å²) < 4.78 is 0. The van der Waals surface area contributed by atoms with E-state index >= 15 is 0 Å². The maximum atomic E-state index is 12.4. The summed E-state index contributed by atoms with van der Waals surface area (Å²) >= 11 is 6.13. The fourth-order valence-electron chi connectivity index (χ4n) is 2.69. The molecule has 4 nitrogen and oxygen atoms in total. The Morgan fingerprint density at radius 1 is 1.55 bits per heavy atom. The Morgan fingerprint density at radius 3 is 2.95 bits per heavy atom. The molecule has 1 aromatic rings. The van der Waals surface area contributed by atoms with E-state index in [2.05, 4.69) is 12.2 Å². The number of hydrogen-bond acceptors (Lipinski definition) is 2. The Hall–Kier alpha value is -1.26. The maximum absolute atomic E-state index is 12.4. The Morgan fingerprint density at radius 2 is 2.30 bits per heavy atom. The molecule has 0 bridgehead atoms. The zero-order valence-corrected chi connectivity index (χ0v) is 12.7. The van der Waals surface area contributed by atoms with Crippen LogP contribution >= 0.6 is 11.6 Å². The molecule has 1 aromatic carbocycles. The van der Waals surface area contributed by atoms with Crippen molar-refractivity contribution in [2.24, 2.45) is 5.92 Å². The molecule has 2 amide bonds. The number of anilines is 1. The lowest BCUT2D eigenvalue weighted by molar-refractivity contribution is 0.0811. The highest BCUT2D eigenvalue weighted by Crippen LogP contribution is 2.26. The van der Waals surface area contributed by atoms with Gasteiger partial charge in [0.25, 0.3) is 0 Å². The molecule has 1 heterocycles. The van der Waals surface area contributed by atoms with Crippen molar-refractivity contribution < 1.29 is 9.90 Å². The quantitative estimate of drug-likeness (QED) is 0.880. The molecule has 0 saturated carbocycles. The Labute approximate surface area is 124 Å². The van der Waals surface area contributed by atoms with Crippen LogP contribution in [0.4, 0.5) is 10.5 Å².